The topological polar surface area (TPSA) is 29.3 Å². The van der Waals surface area contributed by atoms with E-state index in [0.29, 0.717) is 0 Å². The van der Waals surface area contributed by atoms with E-state index in [2.05, 4.69) is 43.3 Å². The first-order chi connectivity index (χ1) is 8.09. The van der Waals surface area contributed by atoms with Gasteiger partial charge in [-0.2, -0.15) is 0 Å². The first-order valence-electron chi connectivity index (χ1n) is 6.64. The Balaban J connectivity index is 2.03. The predicted molar refractivity (Wildman–Crippen MR) is 74.5 cm³/mol. The average molecular weight is 232 g/mol. The highest BCUT2D eigenvalue weighted by molar-refractivity contribution is 5.46. The number of hydrogen-bond donors (Lipinski definition) is 1. The lowest BCUT2D eigenvalue weighted by atomic mass is 9.78. The van der Waals surface area contributed by atoms with Crippen molar-refractivity contribution in [3.63, 3.8) is 0 Å². The second-order valence-electron chi connectivity index (χ2n) is 5.66. The number of rotatable bonds is 3. The second kappa shape index (κ2) is 5.09. The van der Waals surface area contributed by atoms with Crippen molar-refractivity contribution in [3.05, 3.63) is 29.8 Å². The van der Waals surface area contributed by atoms with E-state index in [-0.39, 0.29) is 5.54 Å². The van der Waals surface area contributed by atoms with Crippen LogP contribution in [0.15, 0.2) is 24.3 Å². The van der Waals surface area contributed by atoms with Crippen LogP contribution in [0.1, 0.15) is 37.7 Å². The van der Waals surface area contributed by atoms with Crippen LogP contribution in [0.25, 0.3) is 0 Å². The fourth-order valence-corrected chi connectivity index (χ4v) is 2.75. The van der Waals surface area contributed by atoms with Crippen molar-refractivity contribution in [2.75, 3.05) is 19.0 Å². The summed E-state index contributed by atoms with van der Waals surface area (Å²) in [6.45, 7) is 0. The highest BCUT2D eigenvalue weighted by Gasteiger charge is 2.27. The number of benzene rings is 1. The van der Waals surface area contributed by atoms with Crippen molar-refractivity contribution in [1.29, 1.82) is 0 Å². The molecule has 1 aromatic rings. The molecule has 1 aliphatic rings. The number of nitrogens with two attached hydrogens (primary N) is 1. The average Bonchev–Trinajstić information content (AvgIpc) is 2.30. The zero-order valence-corrected chi connectivity index (χ0v) is 11.1. The fourth-order valence-electron chi connectivity index (χ4n) is 2.75. The Morgan fingerprint density at radius 2 is 1.65 bits per heavy atom. The third-order valence-corrected chi connectivity index (χ3v) is 3.86. The molecule has 2 nitrogen and oxygen atoms in total. The Morgan fingerprint density at radius 1 is 1.06 bits per heavy atom. The van der Waals surface area contributed by atoms with Crippen LogP contribution in [0.5, 0.6) is 0 Å². The minimum atomic E-state index is 0.0535. The monoisotopic (exact) mass is 232 g/mol. The summed E-state index contributed by atoms with van der Waals surface area (Å²) in [7, 11) is 4.14. The molecule has 0 aliphatic heterocycles. The summed E-state index contributed by atoms with van der Waals surface area (Å²) in [6.07, 6.45) is 7.35. The fraction of sp³-hybridized carbons (Fsp3) is 0.600. The van der Waals surface area contributed by atoms with Gasteiger partial charge in [-0.15, -0.1) is 0 Å². The summed E-state index contributed by atoms with van der Waals surface area (Å²) in [5, 5.41) is 0. The van der Waals surface area contributed by atoms with Crippen LogP contribution in [0.4, 0.5) is 5.69 Å². The molecule has 0 radical (unpaired) electrons. The van der Waals surface area contributed by atoms with E-state index in [0.717, 1.165) is 6.42 Å². The molecule has 0 unspecified atom stereocenters. The molecule has 2 rings (SSSR count). The molecule has 0 heterocycles. The highest BCUT2D eigenvalue weighted by atomic mass is 15.1. The third kappa shape index (κ3) is 3.22. The minimum Gasteiger partial charge on any atom is -0.378 e. The van der Waals surface area contributed by atoms with Gasteiger partial charge in [-0.05, 0) is 37.0 Å². The molecule has 17 heavy (non-hydrogen) atoms. The Kier molecular flexibility index (Phi) is 3.72. The zero-order valence-electron chi connectivity index (χ0n) is 11.1. The molecular formula is C15H24N2. The maximum Gasteiger partial charge on any atom is 0.0361 e. The first-order valence-corrected chi connectivity index (χ1v) is 6.64. The Morgan fingerprint density at radius 3 is 2.18 bits per heavy atom. The normalized spacial score (nSPS) is 19.0. The van der Waals surface area contributed by atoms with Crippen LogP contribution in [-0.4, -0.2) is 19.6 Å². The van der Waals surface area contributed by atoms with E-state index in [9.17, 15) is 0 Å². The van der Waals surface area contributed by atoms with E-state index in [4.69, 9.17) is 5.73 Å². The van der Waals surface area contributed by atoms with Crippen molar-refractivity contribution in [2.24, 2.45) is 5.73 Å². The van der Waals surface area contributed by atoms with Gasteiger partial charge in [0.05, 0.1) is 0 Å². The lowest BCUT2D eigenvalue weighted by Gasteiger charge is -2.33. The largest absolute Gasteiger partial charge is 0.378 e. The highest BCUT2D eigenvalue weighted by Crippen LogP contribution is 2.29. The SMILES string of the molecule is CN(C)c1ccc(CC2(N)CCCCC2)cc1. The van der Waals surface area contributed by atoms with Crippen LogP contribution < -0.4 is 10.6 Å². The van der Waals surface area contributed by atoms with E-state index < -0.39 is 0 Å². The number of anilines is 1. The van der Waals surface area contributed by atoms with Gasteiger partial charge in [-0.1, -0.05) is 31.4 Å². The maximum absolute atomic E-state index is 6.48. The van der Waals surface area contributed by atoms with Crippen LogP contribution >= 0.6 is 0 Å². The lowest BCUT2D eigenvalue weighted by Crippen LogP contribution is -2.43. The number of hydrogen-bond acceptors (Lipinski definition) is 2. The molecule has 2 heteroatoms. The van der Waals surface area contributed by atoms with Crippen molar-refractivity contribution < 1.29 is 0 Å². The van der Waals surface area contributed by atoms with Crippen molar-refractivity contribution in [3.8, 4) is 0 Å². The predicted octanol–water partition coefficient (Wildman–Crippen LogP) is 2.96. The summed E-state index contributed by atoms with van der Waals surface area (Å²) < 4.78 is 0. The van der Waals surface area contributed by atoms with Crippen molar-refractivity contribution in [2.45, 2.75) is 44.1 Å². The third-order valence-electron chi connectivity index (χ3n) is 3.86. The van der Waals surface area contributed by atoms with Gasteiger partial charge in [0.1, 0.15) is 0 Å². The molecule has 1 aromatic carbocycles. The van der Waals surface area contributed by atoms with Gasteiger partial charge in [-0.3, -0.25) is 0 Å². The Labute approximate surface area is 105 Å². The smallest absolute Gasteiger partial charge is 0.0361 e. The molecule has 0 bridgehead atoms. The van der Waals surface area contributed by atoms with Crippen LogP contribution in [-0.2, 0) is 6.42 Å². The number of nitrogens with zero attached hydrogens (tertiary/aromatic N) is 1. The summed E-state index contributed by atoms with van der Waals surface area (Å²) in [4.78, 5) is 2.13. The molecule has 0 atom stereocenters. The quantitative estimate of drug-likeness (QED) is 0.868. The molecule has 1 fully saturated rings. The summed E-state index contributed by atoms with van der Waals surface area (Å²) in [5.74, 6) is 0. The Hall–Kier alpha value is -1.02. The maximum atomic E-state index is 6.48. The van der Waals surface area contributed by atoms with Crippen molar-refractivity contribution in [1.82, 2.24) is 0 Å². The van der Waals surface area contributed by atoms with Crippen molar-refractivity contribution >= 4 is 5.69 Å². The summed E-state index contributed by atoms with van der Waals surface area (Å²) >= 11 is 0. The van der Waals surface area contributed by atoms with Gasteiger partial charge in [0.25, 0.3) is 0 Å². The summed E-state index contributed by atoms with van der Waals surface area (Å²) in [5.41, 5.74) is 9.16. The molecule has 2 N–H and O–H groups in total. The standard InChI is InChI=1S/C15H24N2/c1-17(2)14-8-6-13(7-9-14)12-15(16)10-4-3-5-11-15/h6-9H,3-5,10-12,16H2,1-2H3. The van der Waals surface area contributed by atoms with E-state index in [1.165, 1.54) is 43.4 Å². The zero-order chi connectivity index (χ0) is 12.3. The van der Waals surface area contributed by atoms with Gasteiger partial charge in [0.2, 0.25) is 0 Å². The van der Waals surface area contributed by atoms with E-state index in [1.54, 1.807) is 0 Å². The molecule has 0 saturated heterocycles. The van der Waals surface area contributed by atoms with Gasteiger partial charge >= 0.3 is 0 Å². The summed E-state index contributed by atoms with van der Waals surface area (Å²) in [6, 6.07) is 8.81. The second-order valence-corrected chi connectivity index (χ2v) is 5.66. The Bertz CT molecular complexity index is 348. The van der Waals surface area contributed by atoms with E-state index >= 15 is 0 Å². The van der Waals surface area contributed by atoms with Crippen LogP contribution in [0.2, 0.25) is 0 Å². The van der Waals surface area contributed by atoms with Gasteiger partial charge in [-0.25, -0.2) is 0 Å². The molecule has 0 amide bonds. The van der Waals surface area contributed by atoms with Crippen LogP contribution in [0.3, 0.4) is 0 Å². The molecule has 1 aliphatic carbocycles. The first kappa shape index (κ1) is 12.4. The molecule has 1 saturated carbocycles. The van der Waals surface area contributed by atoms with Crippen LogP contribution in [0, 0.1) is 0 Å². The molecule has 0 aromatic heterocycles. The van der Waals surface area contributed by atoms with E-state index in [1.807, 2.05) is 0 Å². The van der Waals surface area contributed by atoms with Gasteiger partial charge < -0.3 is 10.6 Å². The van der Waals surface area contributed by atoms with Gasteiger partial charge in [0.15, 0.2) is 0 Å². The van der Waals surface area contributed by atoms with Gasteiger partial charge in [0, 0.05) is 25.3 Å². The minimum absolute atomic E-state index is 0.0535. The lowest BCUT2D eigenvalue weighted by molar-refractivity contribution is 0.294. The molecular weight excluding hydrogens is 208 g/mol. The molecule has 0 spiro atoms. The molecule has 94 valence electrons.